The number of aliphatic hydroxyl groups is 1. The van der Waals surface area contributed by atoms with Crippen molar-refractivity contribution in [1.29, 1.82) is 0 Å². The van der Waals surface area contributed by atoms with Crippen molar-refractivity contribution in [2.75, 3.05) is 49.2 Å². The van der Waals surface area contributed by atoms with Crippen LogP contribution in [0.4, 0.5) is 23.3 Å². The van der Waals surface area contributed by atoms with E-state index in [0.29, 0.717) is 11.2 Å². The number of ether oxygens (including phenoxy) is 1. The Labute approximate surface area is 260 Å². The van der Waals surface area contributed by atoms with Crippen molar-refractivity contribution in [3.63, 3.8) is 0 Å². The van der Waals surface area contributed by atoms with E-state index >= 15 is 0 Å². The molecule has 1 fully saturated rings. The maximum atomic E-state index is 13.0. The molecule has 21 nitrogen and oxygen atoms in total. The number of aliphatic imine (C=N–C) groups is 1. The number of aromatic nitrogens is 6. The molecule has 1 saturated heterocycles. The first-order valence-corrected chi connectivity index (χ1v) is 15.8. The van der Waals surface area contributed by atoms with Gasteiger partial charge in [-0.3, -0.25) is 33.4 Å². The number of anilines is 3. The molecule has 0 saturated carbocycles. The summed E-state index contributed by atoms with van der Waals surface area (Å²) in [6.07, 6.45) is -0.201. The van der Waals surface area contributed by atoms with E-state index in [1.807, 2.05) is 0 Å². The fraction of sp³-hybridized carbons (Fsp3) is 0.500. The Morgan fingerprint density at radius 3 is 2.74 bits per heavy atom. The molecule has 3 aromatic rings. The monoisotopic (exact) mass is 663 g/mol. The number of amides is 2. The zero-order valence-electron chi connectivity index (χ0n) is 24.7. The molecule has 11 N–H and O–H groups in total. The molecule has 2 aliphatic rings. The van der Waals surface area contributed by atoms with Crippen molar-refractivity contribution in [3.8, 4) is 0 Å². The van der Waals surface area contributed by atoms with Crippen LogP contribution in [0.5, 0.6) is 0 Å². The van der Waals surface area contributed by atoms with E-state index in [4.69, 9.17) is 16.2 Å². The lowest BCUT2D eigenvalue weighted by Gasteiger charge is -2.32. The van der Waals surface area contributed by atoms with Crippen molar-refractivity contribution in [3.05, 3.63) is 23.0 Å². The molecule has 0 spiro atoms. The first-order valence-electron chi connectivity index (χ1n) is 14.0. The van der Waals surface area contributed by atoms with Crippen molar-refractivity contribution < 1.29 is 33.8 Å². The molecule has 3 aromatic heterocycles. The van der Waals surface area contributed by atoms with Gasteiger partial charge in [-0.05, 0) is 13.8 Å². The summed E-state index contributed by atoms with van der Waals surface area (Å²) >= 11 is 0. The van der Waals surface area contributed by atoms with Crippen LogP contribution < -0.4 is 33.0 Å². The number of imidazole rings is 1. The number of hydrogen-bond donors (Lipinski definition) is 9. The van der Waals surface area contributed by atoms with Gasteiger partial charge in [-0.15, -0.1) is 0 Å². The zero-order chi connectivity index (χ0) is 33.4. The lowest BCUT2D eigenvalue weighted by molar-refractivity contribution is -0.123. The molecule has 5 heterocycles. The highest BCUT2D eigenvalue weighted by molar-refractivity contribution is 7.51. The molecule has 3 atom stereocenters. The SMILES string of the molecule is CC1(C)Nc2nc(N)[nH]c(=O)c2N=C1C(=O)NCCN(CC(=O)NC[C@H]1O[C@@H](n2cnc3c(N)ncnc32)C[C@H]1O)CP(=O)(O)O. The molecule has 5 rings (SSSR count). The van der Waals surface area contributed by atoms with Crippen LogP contribution in [-0.4, -0.2) is 117 Å². The fourth-order valence-electron chi connectivity index (χ4n) is 5.11. The van der Waals surface area contributed by atoms with E-state index in [1.54, 1.807) is 18.4 Å². The Balaban J connectivity index is 1.16. The van der Waals surface area contributed by atoms with Gasteiger partial charge in [0.05, 0.1) is 24.5 Å². The molecule has 0 aromatic carbocycles. The number of rotatable bonds is 11. The maximum absolute atomic E-state index is 13.0. The summed E-state index contributed by atoms with van der Waals surface area (Å²) in [4.78, 5) is 81.1. The molecule has 46 heavy (non-hydrogen) atoms. The van der Waals surface area contributed by atoms with Crippen molar-refractivity contribution in [2.45, 2.75) is 44.2 Å². The third kappa shape index (κ3) is 7.30. The number of carbonyl (C=O) groups excluding carboxylic acids is 2. The molecule has 0 aliphatic carbocycles. The molecule has 2 amide bonds. The fourth-order valence-corrected chi connectivity index (χ4v) is 5.87. The summed E-state index contributed by atoms with van der Waals surface area (Å²) in [7, 11) is -4.59. The first-order chi connectivity index (χ1) is 21.6. The quantitative estimate of drug-likeness (QED) is 0.0947. The summed E-state index contributed by atoms with van der Waals surface area (Å²) in [5.74, 6) is -1.06. The molecular weight excluding hydrogens is 629 g/mol. The van der Waals surface area contributed by atoms with Crippen LogP contribution in [-0.2, 0) is 18.9 Å². The summed E-state index contributed by atoms with van der Waals surface area (Å²) < 4.78 is 19.3. The third-order valence-corrected chi connectivity index (χ3v) is 8.01. The number of fused-ring (bicyclic) bond motifs is 2. The van der Waals surface area contributed by atoms with E-state index in [0.717, 1.165) is 0 Å². The van der Waals surface area contributed by atoms with Gasteiger partial charge in [-0.2, -0.15) is 4.98 Å². The third-order valence-electron chi connectivity index (χ3n) is 7.24. The van der Waals surface area contributed by atoms with Crippen LogP contribution in [0, 0.1) is 0 Å². The van der Waals surface area contributed by atoms with Gasteiger partial charge in [0.15, 0.2) is 23.0 Å². The second-order valence-corrected chi connectivity index (χ2v) is 12.9. The largest absolute Gasteiger partial charge is 0.390 e. The van der Waals surface area contributed by atoms with Gasteiger partial charge in [-0.25, -0.2) is 19.9 Å². The maximum Gasteiger partial charge on any atom is 0.339 e. The second-order valence-electron chi connectivity index (χ2n) is 11.3. The second kappa shape index (κ2) is 12.7. The highest BCUT2D eigenvalue weighted by atomic mass is 31.2. The highest BCUT2D eigenvalue weighted by Gasteiger charge is 2.37. The Morgan fingerprint density at radius 2 is 2.00 bits per heavy atom. The lowest BCUT2D eigenvalue weighted by atomic mass is 9.95. The van der Waals surface area contributed by atoms with Gasteiger partial charge in [-0.1, -0.05) is 0 Å². The van der Waals surface area contributed by atoms with Crippen LogP contribution in [0.2, 0.25) is 0 Å². The minimum absolute atomic E-state index is 0.0376. The number of nitrogens with two attached hydrogens (primary N) is 2. The summed E-state index contributed by atoms with van der Waals surface area (Å²) in [5, 5.41) is 18.7. The van der Waals surface area contributed by atoms with Gasteiger partial charge < -0.3 is 47.0 Å². The normalized spacial score (nSPS) is 20.7. The standard InChI is InChI=1S/C24H34N13O8P/c1-24(2)17(32-16-19(35-24)33-23(26)34-21(16)40)22(41)27-3-4-36(10-46(42,43)44)7-13(39)28-6-12-11(38)5-14(45-12)37-9-31-15-18(25)29-8-30-20(15)37/h8-9,11-12,14,38H,3-7,10H2,1-2H3,(H,27,41)(H,28,39)(H2,25,29,30)(H2,42,43,44)(H4,26,33,34,35,40)/t11-,12-,14-/m1/s1. The number of H-pyrrole nitrogens is 1. The van der Waals surface area contributed by atoms with Crippen molar-refractivity contribution >= 4 is 59.6 Å². The van der Waals surface area contributed by atoms with E-state index in [9.17, 15) is 33.8 Å². The number of nitrogens with one attached hydrogen (secondary N) is 4. The predicted molar refractivity (Wildman–Crippen MR) is 163 cm³/mol. The van der Waals surface area contributed by atoms with Crippen LogP contribution >= 0.6 is 7.60 Å². The molecule has 0 radical (unpaired) electrons. The van der Waals surface area contributed by atoms with Crippen LogP contribution in [0.3, 0.4) is 0 Å². The van der Waals surface area contributed by atoms with Gasteiger partial charge in [0.25, 0.3) is 11.5 Å². The number of hydrogen-bond acceptors (Lipinski definition) is 15. The lowest BCUT2D eigenvalue weighted by Crippen LogP contribution is -2.52. The van der Waals surface area contributed by atoms with Gasteiger partial charge >= 0.3 is 7.60 Å². The molecule has 248 valence electrons. The highest BCUT2D eigenvalue weighted by Crippen LogP contribution is 2.35. The number of carbonyl (C=O) groups is 2. The molecule has 22 heteroatoms. The van der Waals surface area contributed by atoms with E-state index < -0.39 is 61.8 Å². The summed E-state index contributed by atoms with van der Waals surface area (Å²) in [6, 6.07) is 0. The first kappa shape index (κ1) is 32.9. The molecule has 0 bridgehead atoms. The molecular formula is C24H34N13O8P. The summed E-state index contributed by atoms with van der Waals surface area (Å²) in [6.45, 7) is 2.52. The number of nitrogens with zero attached hydrogens (tertiary/aromatic N) is 7. The van der Waals surface area contributed by atoms with Crippen molar-refractivity contribution in [1.82, 2.24) is 45.0 Å². The predicted octanol–water partition coefficient (Wildman–Crippen LogP) is -2.63. The van der Waals surface area contributed by atoms with Crippen LogP contribution in [0.25, 0.3) is 11.2 Å². The molecule has 0 unspecified atom stereocenters. The molecule has 2 aliphatic heterocycles. The van der Waals surface area contributed by atoms with E-state index in [-0.39, 0.29) is 55.0 Å². The Kier molecular flexibility index (Phi) is 9.07. The topological polar surface area (TPSA) is 314 Å². The average molecular weight is 664 g/mol. The number of aromatic amines is 1. The van der Waals surface area contributed by atoms with E-state index in [1.165, 1.54) is 17.6 Å². The Morgan fingerprint density at radius 1 is 1.24 bits per heavy atom. The van der Waals surface area contributed by atoms with Crippen LogP contribution in [0.1, 0.15) is 26.5 Å². The van der Waals surface area contributed by atoms with Crippen LogP contribution in [0.15, 0.2) is 22.4 Å². The van der Waals surface area contributed by atoms with Gasteiger partial charge in [0, 0.05) is 26.1 Å². The van der Waals surface area contributed by atoms with E-state index in [2.05, 4.69) is 45.9 Å². The smallest absolute Gasteiger partial charge is 0.339 e. The van der Waals surface area contributed by atoms with Crippen molar-refractivity contribution in [2.24, 2.45) is 4.99 Å². The minimum Gasteiger partial charge on any atom is -0.390 e. The Hall–Kier alpha value is -4.53. The zero-order valence-corrected chi connectivity index (χ0v) is 25.6. The minimum atomic E-state index is -4.59. The number of nitrogen functional groups attached to an aromatic ring is 2. The number of aliphatic hydroxyl groups excluding tert-OH is 1. The Bertz CT molecular complexity index is 1790. The summed E-state index contributed by atoms with van der Waals surface area (Å²) in [5.41, 5.74) is 10.4. The van der Waals surface area contributed by atoms with Gasteiger partial charge in [0.1, 0.15) is 36.2 Å². The van der Waals surface area contributed by atoms with Gasteiger partial charge in [0.2, 0.25) is 11.9 Å². The average Bonchev–Trinajstić information content (AvgIpc) is 3.53.